The van der Waals surface area contributed by atoms with Crippen LogP contribution < -0.4 is 5.32 Å². The smallest absolute Gasteiger partial charge is 0.286 e. The summed E-state index contributed by atoms with van der Waals surface area (Å²) in [5.41, 5.74) is 4.53. The summed E-state index contributed by atoms with van der Waals surface area (Å²) in [5, 5.41) is 2.81. The van der Waals surface area contributed by atoms with Gasteiger partial charge >= 0.3 is 0 Å². The van der Waals surface area contributed by atoms with Crippen LogP contribution in [0.25, 0.3) is 22.5 Å². The third-order valence-corrected chi connectivity index (χ3v) is 5.06. The van der Waals surface area contributed by atoms with Crippen LogP contribution in [0.2, 0.25) is 0 Å². The second-order valence-electron chi connectivity index (χ2n) is 7.65. The Labute approximate surface area is 189 Å². The predicted molar refractivity (Wildman–Crippen MR) is 120 cm³/mol. The zero-order valence-electron chi connectivity index (χ0n) is 18.1. The van der Waals surface area contributed by atoms with Crippen LogP contribution in [0.1, 0.15) is 34.2 Å². The molecule has 4 aromatic rings. The van der Waals surface area contributed by atoms with Gasteiger partial charge < -0.3 is 5.32 Å². The molecule has 0 saturated heterocycles. The SMILES string of the molecule is Cc1cccnc1-c1ccc(C(=O)NCc2ccc(-c3ccnc(C(C)(F)F)c3)nc2)nc1. The van der Waals surface area contributed by atoms with E-state index in [4.69, 9.17) is 0 Å². The molecule has 4 heterocycles. The number of pyridine rings is 4. The van der Waals surface area contributed by atoms with E-state index in [1.54, 1.807) is 42.9 Å². The summed E-state index contributed by atoms with van der Waals surface area (Å²) in [5.74, 6) is -3.34. The summed E-state index contributed by atoms with van der Waals surface area (Å²) in [6.07, 6.45) is 6.28. The molecule has 1 amide bonds. The van der Waals surface area contributed by atoms with Gasteiger partial charge in [0.05, 0.1) is 11.4 Å². The lowest BCUT2D eigenvalue weighted by atomic mass is 10.1. The molecule has 0 radical (unpaired) electrons. The van der Waals surface area contributed by atoms with Crippen LogP contribution >= 0.6 is 0 Å². The van der Waals surface area contributed by atoms with Crippen molar-refractivity contribution >= 4 is 5.91 Å². The number of alkyl halides is 2. The quantitative estimate of drug-likeness (QED) is 0.454. The Morgan fingerprint density at radius 2 is 1.79 bits per heavy atom. The highest BCUT2D eigenvalue weighted by atomic mass is 19.3. The van der Waals surface area contributed by atoms with Crippen molar-refractivity contribution in [2.75, 3.05) is 0 Å². The molecule has 1 N–H and O–H groups in total. The van der Waals surface area contributed by atoms with E-state index in [2.05, 4.69) is 25.3 Å². The number of halogens is 2. The van der Waals surface area contributed by atoms with Gasteiger partial charge in [-0.2, -0.15) is 8.78 Å². The second-order valence-corrected chi connectivity index (χ2v) is 7.65. The monoisotopic (exact) mass is 445 g/mol. The highest BCUT2D eigenvalue weighted by molar-refractivity contribution is 5.92. The molecule has 0 spiro atoms. The van der Waals surface area contributed by atoms with Crippen molar-refractivity contribution in [1.29, 1.82) is 0 Å². The Kier molecular flexibility index (Phi) is 6.17. The van der Waals surface area contributed by atoms with Gasteiger partial charge in [0.2, 0.25) is 0 Å². The fourth-order valence-electron chi connectivity index (χ4n) is 3.26. The minimum atomic E-state index is -3.02. The molecular weight excluding hydrogens is 424 g/mol. The molecular formula is C25H21F2N5O. The lowest BCUT2D eigenvalue weighted by Gasteiger charge is -2.11. The van der Waals surface area contributed by atoms with E-state index in [1.807, 2.05) is 25.1 Å². The first-order valence-electron chi connectivity index (χ1n) is 10.3. The van der Waals surface area contributed by atoms with Gasteiger partial charge in [0.15, 0.2) is 0 Å². The molecule has 8 heteroatoms. The molecule has 0 aliphatic heterocycles. The van der Waals surface area contributed by atoms with Crippen LogP contribution in [-0.2, 0) is 12.5 Å². The number of hydrogen-bond acceptors (Lipinski definition) is 5. The number of aryl methyl sites for hydroxylation is 1. The maximum atomic E-state index is 13.5. The van der Waals surface area contributed by atoms with Crippen molar-refractivity contribution in [2.45, 2.75) is 26.3 Å². The number of carbonyl (C=O) groups excluding carboxylic acids is 1. The van der Waals surface area contributed by atoms with Gasteiger partial charge in [-0.3, -0.25) is 24.7 Å². The van der Waals surface area contributed by atoms with Gasteiger partial charge in [0.25, 0.3) is 11.8 Å². The first kappa shape index (κ1) is 22.1. The zero-order valence-corrected chi connectivity index (χ0v) is 18.1. The number of amides is 1. The normalized spacial score (nSPS) is 11.3. The summed E-state index contributed by atoms with van der Waals surface area (Å²) in [4.78, 5) is 29.1. The van der Waals surface area contributed by atoms with Gasteiger partial charge in [0, 0.05) is 49.4 Å². The summed E-state index contributed by atoms with van der Waals surface area (Å²) in [6.45, 7) is 3.03. The molecule has 6 nitrogen and oxygen atoms in total. The number of rotatable bonds is 6. The van der Waals surface area contributed by atoms with Crippen LogP contribution in [-0.4, -0.2) is 25.8 Å². The first-order chi connectivity index (χ1) is 15.8. The fourth-order valence-corrected chi connectivity index (χ4v) is 3.26. The molecule has 0 bridgehead atoms. The van der Waals surface area contributed by atoms with E-state index < -0.39 is 5.92 Å². The van der Waals surface area contributed by atoms with Crippen LogP contribution in [0.5, 0.6) is 0 Å². The van der Waals surface area contributed by atoms with Crippen LogP contribution in [0.3, 0.4) is 0 Å². The van der Waals surface area contributed by atoms with Crippen molar-refractivity contribution in [3.8, 4) is 22.5 Å². The molecule has 166 valence electrons. The van der Waals surface area contributed by atoms with Crippen LogP contribution in [0, 0.1) is 6.92 Å². The molecule has 0 saturated carbocycles. The predicted octanol–water partition coefficient (Wildman–Crippen LogP) is 4.95. The number of carbonyl (C=O) groups is 1. The van der Waals surface area contributed by atoms with Crippen molar-refractivity contribution in [3.63, 3.8) is 0 Å². The highest BCUT2D eigenvalue weighted by Crippen LogP contribution is 2.28. The maximum Gasteiger partial charge on any atom is 0.286 e. The summed E-state index contributed by atoms with van der Waals surface area (Å²) >= 11 is 0. The van der Waals surface area contributed by atoms with Crippen molar-refractivity contribution in [1.82, 2.24) is 25.3 Å². The summed E-state index contributed by atoms with van der Waals surface area (Å²) in [7, 11) is 0. The number of nitrogens with zero attached hydrogens (tertiary/aromatic N) is 4. The second kappa shape index (κ2) is 9.20. The number of hydrogen-bond donors (Lipinski definition) is 1. The zero-order chi connectivity index (χ0) is 23.4. The van der Waals surface area contributed by atoms with Gasteiger partial charge in [-0.25, -0.2) is 0 Å². The van der Waals surface area contributed by atoms with Gasteiger partial charge in [-0.15, -0.1) is 0 Å². The molecule has 0 fully saturated rings. The molecule has 0 unspecified atom stereocenters. The maximum absolute atomic E-state index is 13.5. The lowest BCUT2D eigenvalue weighted by molar-refractivity contribution is 0.0128. The van der Waals surface area contributed by atoms with E-state index in [1.165, 1.54) is 12.3 Å². The van der Waals surface area contributed by atoms with Crippen LogP contribution in [0.4, 0.5) is 8.78 Å². The van der Waals surface area contributed by atoms with E-state index in [0.29, 0.717) is 17.0 Å². The minimum Gasteiger partial charge on any atom is -0.347 e. The van der Waals surface area contributed by atoms with Crippen molar-refractivity contribution in [3.05, 3.63) is 95.8 Å². The number of aromatic nitrogens is 4. The molecule has 0 aromatic carbocycles. The average molecular weight is 445 g/mol. The molecule has 0 aliphatic carbocycles. The molecule has 33 heavy (non-hydrogen) atoms. The highest BCUT2D eigenvalue weighted by Gasteiger charge is 2.26. The molecule has 0 atom stereocenters. The van der Waals surface area contributed by atoms with E-state index in [-0.39, 0.29) is 18.1 Å². The lowest BCUT2D eigenvalue weighted by Crippen LogP contribution is -2.23. The third-order valence-electron chi connectivity index (χ3n) is 5.06. The standard InChI is InChI=1S/C25H21F2N5O/c1-16-4-3-10-29-23(16)19-6-8-21(31-15-19)24(33)32-14-17-5-7-20(30-13-17)18-9-11-28-22(12-18)25(2,26)27/h3-13,15H,14H2,1-2H3,(H,32,33). The summed E-state index contributed by atoms with van der Waals surface area (Å²) < 4.78 is 27.1. The minimum absolute atomic E-state index is 0.253. The fraction of sp³-hybridized carbons (Fsp3) is 0.160. The average Bonchev–Trinajstić information content (AvgIpc) is 2.83. The Morgan fingerprint density at radius 3 is 2.45 bits per heavy atom. The molecule has 4 rings (SSSR count). The van der Waals surface area contributed by atoms with Gasteiger partial charge in [-0.1, -0.05) is 12.1 Å². The van der Waals surface area contributed by atoms with E-state index in [9.17, 15) is 13.6 Å². The Bertz CT molecular complexity index is 1270. The largest absolute Gasteiger partial charge is 0.347 e. The first-order valence-corrected chi connectivity index (χ1v) is 10.3. The number of nitrogens with one attached hydrogen (secondary N) is 1. The van der Waals surface area contributed by atoms with Crippen molar-refractivity contribution < 1.29 is 13.6 Å². The van der Waals surface area contributed by atoms with Crippen LogP contribution in [0.15, 0.2) is 73.3 Å². The Morgan fingerprint density at radius 1 is 0.939 bits per heavy atom. The Hall–Kier alpha value is -4.07. The topological polar surface area (TPSA) is 80.7 Å². The van der Waals surface area contributed by atoms with E-state index >= 15 is 0 Å². The molecule has 0 aliphatic rings. The summed E-state index contributed by atoms with van der Waals surface area (Å²) in [6, 6.07) is 13.8. The van der Waals surface area contributed by atoms with Gasteiger partial charge in [-0.05, 0) is 54.4 Å². The third kappa shape index (κ3) is 5.23. The van der Waals surface area contributed by atoms with E-state index in [0.717, 1.165) is 29.3 Å². The molecule has 4 aromatic heterocycles. The van der Waals surface area contributed by atoms with Crippen molar-refractivity contribution in [2.24, 2.45) is 0 Å². The van der Waals surface area contributed by atoms with Gasteiger partial charge in [0.1, 0.15) is 11.4 Å². The Balaban J connectivity index is 1.39.